The summed E-state index contributed by atoms with van der Waals surface area (Å²) in [6, 6.07) is 6.19. The van der Waals surface area contributed by atoms with Crippen LogP contribution in [-0.2, 0) is 11.2 Å². The van der Waals surface area contributed by atoms with Crippen LogP contribution >= 0.6 is 0 Å². The van der Waals surface area contributed by atoms with Gasteiger partial charge < -0.3 is 15.2 Å². The van der Waals surface area contributed by atoms with Gasteiger partial charge in [-0.3, -0.25) is 4.79 Å². The average molecular weight is 371 g/mol. The highest BCUT2D eigenvalue weighted by molar-refractivity contribution is 5.95. The number of nitrogens with zero attached hydrogens (tertiary/aromatic N) is 2. The first-order chi connectivity index (χ1) is 13.1. The number of hydrogen-bond donors (Lipinski definition) is 2. The highest BCUT2D eigenvalue weighted by Crippen LogP contribution is 2.57. The van der Waals surface area contributed by atoms with E-state index in [-0.39, 0.29) is 18.3 Å². The molecule has 2 aliphatic carbocycles. The summed E-state index contributed by atoms with van der Waals surface area (Å²) >= 11 is 0. The molecule has 6 nitrogen and oxygen atoms in total. The third kappa shape index (κ3) is 2.76. The van der Waals surface area contributed by atoms with Gasteiger partial charge in [0.2, 0.25) is 0 Å². The van der Waals surface area contributed by atoms with E-state index in [4.69, 9.17) is 4.74 Å². The van der Waals surface area contributed by atoms with Crippen LogP contribution in [0.15, 0.2) is 24.3 Å². The molecular weight excluding hydrogens is 349 g/mol. The molecule has 7 heteroatoms. The van der Waals surface area contributed by atoms with E-state index in [1.165, 1.54) is 12.1 Å². The Bertz CT molecular complexity index is 887. The Kier molecular flexibility index (Phi) is 3.84. The number of aliphatic hydroxyl groups is 1. The number of carbonyl (C=O) groups is 1. The van der Waals surface area contributed by atoms with Gasteiger partial charge in [-0.25, -0.2) is 9.07 Å². The summed E-state index contributed by atoms with van der Waals surface area (Å²) in [7, 11) is 0. The van der Waals surface area contributed by atoms with E-state index < -0.39 is 5.54 Å². The maximum absolute atomic E-state index is 13.3. The molecule has 0 unspecified atom stereocenters. The van der Waals surface area contributed by atoms with Gasteiger partial charge in [-0.15, -0.1) is 0 Å². The average Bonchev–Trinajstić information content (AvgIpc) is 3.19. The lowest BCUT2D eigenvalue weighted by molar-refractivity contribution is 0.0124. The van der Waals surface area contributed by atoms with E-state index in [2.05, 4.69) is 10.4 Å². The molecule has 2 aromatic rings. The Labute approximate surface area is 156 Å². The fourth-order valence-corrected chi connectivity index (χ4v) is 4.46. The molecule has 2 heterocycles. The lowest BCUT2D eigenvalue weighted by Crippen LogP contribution is -2.54. The number of nitrogens with one attached hydrogen (secondary N) is 1. The topological polar surface area (TPSA) is 76.4 Å². The van der Waals surface area contributed by atoms with Crippen molar-refractivity contribution < 1.29 is 19.0 Å². The molecule has 3 aliphatic rings. The first-order valence-corrected chi connectivity index (χ1v) is 9.49. The maximum Gasteiger partial charge on any atom is 0.272 e. The van der Waals surface area contributed by atoms with E-state index >= 15 is 0 Å². The quantitative estimate of drug-likeness (QED) is 0.861. The second-order valence-corrected chi connectivity index (χ2v) is 7.91. The third-order valence-electron chi connectivity index (χ3n) is 6.18. The molecule has 1 aromatic heterocycles. The Morgan fingerprint density at radius 1 is 1.33 bits per heavy atom. The van der Waals surface area contributed by atoms with Crippen molar-refractivity contribution in [3.63, 3.8) is 0 Å². The zero-order valence-corrected chi connectivity index (χ0v) is 14.9. The van der Waals surface area contributed by atoms with Crippen LogP contribution in [-0.4, -0.2) is 46.2 Å². The number of fused-ring (bicyclic) bond motifs is 3. The molecular formula is C20H22FN3O3. The monoisotopic (exact) mass is 371 g/mol. The van der Waals surface area contributed by atoms with Crippen molar-refractivity contribution in [3.05, 3.63) is 47.0 Å². The number of aromatic nitrogens is 2. The van der Waals surface area contributed by atoms with Crippen LogP contribution in [0.3, 0.4) is 0 Å². The Balaban J connectivity index is 1.50. The summed E-state index contributed by atoms with van der Waals surface area (Å²) in [5.74, 6) is 0.485. The lowest BCUT2D eigenvalue weighted by Gasteiger charge is -2.36. The number of hydrogen-bond acceptors (Lipinski definition) is 4. The predicted molar refractivity (Wildman–Crippen MR) is 95.4 cm³/mol. The number of benzene rings is 1. The largest absolute Gasteiger partial charge is 0.394 e. The molecule has 1 saturated heterocycles. The van der Waals surface area contributed by atoms with Gasteiger partial charge in [0.25, 0.3) is 5.91 Å². The number of halogens is 1. The van der Waals surface area contributed by atoms with Crippen LogP contribution in [0.4, 0.5) is 4.39 Å². The highest BCUT2D eigenvalue weighted by atomic mass is 19.1. The fraction of sp³-hybridized carbons (Fsp3) is 0.500. The molecule has 2 N–H and O–H groups in total. The van der Waals surface area contributed by atoms with Crippen molar-refractivity contribution in [1.82, 2.24) is 15.1 Å². The fourth-order valence-electron chi connectivity index (χ4n) is 4.46. The summed E-state index contributed by atoms with van der Waals surface area (Å²) in [4.78, 5) is 13.1. The van der Waals surface area contributed by atoms with Gasteiger partial charge in [-0.2, -0.15) is 5.10 Å². The number of amides is 1. The van der Waals surface area contributed by atoms with Gasteiger partial charge in [0.15, 0.2) is 5.69 Å². The highest BCUT2D eigenvalue weighted by Gasteiger charge is 2.50. The summed E-state index contributed by atoms with van der Waals surface area (Å²) < 4.78 is 20.5. The molecule has 27 heavy (non-hydrogen) atoms. The number of carbonyl (C=O) groups excluding carboxylic acids is 1. The van der Waals surface area contributed by atoms with Crippen molar-refractivity contribution >= 4 is 5.91 Å². The minimum absolute atomic E-state index is 0.117. The first-order valence-electron chi connectivity index (χ1n) is 9.49. The van der Waals surface area contributed by atoms with Gasteiger partial charge in [0.05, 0.1) is 23.5 Å². The zero-order chi connectivity index (χ0) is 18.6. The van der Waals surface area contributed by atoms with Gasteiger partial charge in [0, 0.05) is 24.7 Å². The van der Waals surface area contributed by atoms with E-state index in [1.807, 2.05) is 0 Å². The molecule has 0 spiro atoms. The summed E-state index contributed by atoms with van der Waals surface area (Å²) in [5, 5.41) is 17.5. The van der Waals surface area contributed by atoms with E-state index in [0.717, 1.165) is 29.8 Å². The predicted octanol–water partition coefficient (Wildman–Crippen LogP) is 1.94. The number of rotatable bonds is 4. The molecule has 1 aromatic carbocycles. The van der Waals surface area contributed by atoms with Crippen LogP contribution in [0.25, 0.3) is 5.69 Å². The number of ether oxygens (including phenoxy) is 1. The molecule has 2 fully saturated rings. The van der Waals surface area contributed by atoms with Crippen molar-refractivity contribution in [1.29, 1.82) is 0 Å². The van der Waals surface area contributed by atoms with Crippen LogP contribution in [0.1, 0.15) is 46.9 Å². The van der Waals surface area contributed by atoms with Crippen molar-refractivity contribution in [2.24, 2.45) is 5.92 Å². The second-order valence-electron chi connectivity index (χ2n) is 7.91. The molecule has 1 aliphatic heterocycles. The molecule has 142 valence electrons. The maximum atomic E-state index is 13.3. The minimum Gasteiger partial charge on any atom is -0.394 e. The molecule has 5 rings (SSSR count). The third-order valence-corrected chi connectivity index (χ3v) is 6.18. The molecule has 0 radical (unpaired) electrons. The summed E-state index contributed by atoms with van der Waals surface area (Å²) in [6.07, 6.45) is 3.15. The standard InChI is InChI=1S/C20H22FN3O3/c21-13-1-3-14(4-2-13)24-18-15-9-12(15)10-16(18)17(23-24)19(26)22-20(11-25)5-7-27-8-6-20/h1-4,12,15,25H,5-11H2,(H,22,26)/t12-,15-/m1/s1. The van der Waals surface area contributed by atoms with Crippen LogP contribution < -0.4 is 5.32 Å². The molecule has 2 atom stereocenters. The zero-order valence-electron chi connectivity index (χ0n) is 14.9. The SMILES string of the molecule is O=C(NC1(CO)CCOCC1)c1nn(-c2ccc(F)cc2)c2c1C[C@H]1C[C@@H]21. The minimum atomic E-state index is -0.649. The second kappa shape index (κ2) is 6.14. The van der Waals surface area contributed by atoms with E-state index in [1.54, 1.807) is 16.8 Å². The summed E-state index contributed by atoms with van der Waals surface area (Å²) in [6.45, 7) is 0.925. The van der Waals surface area contributed by atoms with E-state index in [0.29, 0.717) is 43.6 Å². The van der Waals surface area contributed by atoms with Gasteiger partial charge in [-0.1, -0.05) is 0 Å². The van der Waals surface area contributed by atoms with Gasteiger partial charge in [0.1, 0.15) is 5.82 Å². The smallest absolute Gasteiger partial charge is 0.272 e. The summed E-state index contributed by atoms with van der Waals surface area (Å²) in [5.41, 5.74) is 2.63. The van der Waals surface area contributed by atoms with Crippen molar-refractivity contribution in [2.45, 2.75) is 37.1 Å². The van der Waals surface area contributed by atoms with Crippen molar-refractivity contribution in [3.8, 4) is 5.69 Å². The molecule has 1 amide bonds. The number of aliphatic hydroxyl groups excluding tert-OH is 1. The Morgan fingerprint density at radius 2 is 2.07 bits per heavy atom. The molecule has 1 saturated carbocycles. The van der Waals surface area contributed by atoms with Crippen LogP contribution in [0.5, 0.6) is 0 Å². The molecule has 0 bridgehead atoms. The Morgan fingerprint density at radius 3 is 2.78 bits per heavy atom. The Hall–Kier alpha value is -2.25. The van der Waals surface area contributed by atoms with Gasteiger partial charge >= 0.3 is 0 Å². The lowest BCUT2D eigenvalue weighted by atomic mass is 9.90. The van der Waals surface area contributed by atoms with Crippen molar-refractivity contribution in [2.75, 3.05) is 19.8 Å². The van der Waals surface area contributed by atoms with Crippen LogP contribution in [0.2, 0.25) is 0 Å². The van der Waals surface area contributed by atoms with Gasteiger partial charge in [-0.05, 0) is 55.9 Å². The van der Waals surface area contributed by atoms with E-state index in [9.17, 15) is 14.3 Å². The normalized spacial score (nSPS) is 25.0. The van der Waals surface area contributed by atoms with Crippen LogP contribution in [0, 0.1) is 11.7 Å². The first kappa shape index (κ1) is 16.9.